The Morgan fingerprint density at radius 3 is 1.24 bits per heavy atom. The number of para-hydroxylation sites is 3. The molecule has 0 fully saturated rings. The molecular formula is C104H58N4O2. The van der Waals surface area contributed by atoms with E-state index < -0.39 is 0 Å². The largest absolute Gasteiger partial charge is 0.456 e. The van der Waals surface area contributed by atoms with Crippen LogP contribution in [0, 0.1) is 0 Å². The Morgan fingerprint density at radius 1 is 0.164 bits per heavy atom. The van der Waals surface area contributed by atoms with E-state index in [1.54, 1.807) is 0 Å². The normalized spacial score (nSPS) is 12.5. The van der Waals surface area contributed by atoms with Crippen molar-refractivity contribution in [1.29, 1.82) is 0 Å². The van der Waals surface area contributed by atoms with Crippen LogP contribution >= 0.6 is 0 Å². The fourth-order valence-electron chi connectivity index (χ4n) is 20.0. The number of hydrogen-bond donors (Lipinski definition) is 0. The topological polar surface area (TPSA) is 46.0 Å². The van der Waals surface area contributed by atoms with Crippen LogP contribution in [0.15, 0.2) is 361 Å². The van der Waals surface area contributed by atoms with E-state index in [2.05, 4.69) is 370 Å². The van der Waals surface area contributed by atoms with Crippen molar-refractivity contribution in [3.05, 3.63) is 352 Å². The lowest BCUT2D eigenvalue weighted by Crippen LogP contribution is -1.97. The van der Waals surface area contributed by atoms with Crippen LogP contribution in [-0.4, -0.2) is 18.3 Å². The standard InChI is InChI=1S/C104H58N4O2/c1-3-17-59(18-4-1)61-33-38-65(39-34-61)105-87-30-12-9-24-81(87)97-89(105)51-47-78-80-50-54-93-100(104(80)108(102(78)97)68-55-64-21-15-27-74-70-22-7-8-23-71(70)86(58-68)95(64)74)84-43-37-63(56-94(84)110-93)69-45-46-76-72-44-42-67(57-85(72)75-29-16-28-73(69)96(75)76)106-88-31-13-10-25-82(88)98-90(106)52-48-77-79-49-53-92-99(83-26-11-14-32-91(83)109-92)103(79)107(101(77)98)66-40-35-62(36-41-66)60-19-5-2-6-20-60/h1-58H. The summed E-state index contributed by atoms with van der Waals surface area (Å²) in [5.74, 6) is 0. The minimum Gasteiger partial charge on any atom is -0.456 e. The summed E-state index contributed by atoms with van der Waals surface area (Å²) in [6, 6.07) is 131. The van der Waals surface area contributed by atoms with Crippen LogP contribution in [0.25, 0.3) is 253 Å². The minimum atomic E-state index is 0.849. The van der Waals surface area contributed by atoms with Crippen LogP contribution in [0.2, 0.25) is 0 Å². The quantitative estimate of drug-likeness (QED) is 0.160. The van der Waals surface area contributed by atoms with E-state index in [-0.39, 0.29) is 0 Å². The summed E-state index contributed by atoms with van der Waals surface area (Å²) in [5, 5.41) is 19.0. The Morgan fingerprint density at radius 2 is 0.582 bits per heavy atom. The second kappa shape index (κ2) is 21.5. The van der Waals surface area contributed by atoms with Gasteiger partial charge in [-0.05, 0) is 215 Å². The van der Waals surface area contributed by atoms with Gasteiger partial charge < -0.3 is 27.1 Å². The molecule has 0 spiro atoms. The summed E-state index contributed by atoms with van der Waals surface area (Å²) in [7, 11) is 0. The number of hydrogen-bond acceptors (Lipinski definition) is 2. The molecule has 0 N–H and O–H groups in total. The lowest BCUT2D eigenvalue weighted by Gasteiger charge is -2.13. The molecule has 2 aliphatic carbocycles. The first-order chi connectivity index (χ1) is 54.6. The predicted octanol–water partition coefficient (Wildman–Crippen LogP) is 28.5. The third-order valence-corrected chi connectivity index (χ3v) is 24.6. The van der Waals surface area contributed by atoms with E-state index in [4.69, 9.17) is 8.83 Å². The van der Waals surface area contributed by atoms with Gasteiger partial charge in [0, 0.05) is 76.6 Å². The van der Waals surface area contributed by atoms with Crippen LogP contribution in [0.4, 0.5) is 0 Å². The van der Waals surface area contributed by atoms with Crippen LogP contribution < -0.4 is 0 Å². The van der Waals surface area contributed by atoms with Crippen molar-refractivity contribution in [2.24, 2.45) is 0 Å². The van der Waals surface area contributed by atoms with Crippen molar-refractivity contribution in [2.75, 3.05) is 0 Å². The maximum atomic E-state index is 7.26. The molecule has 24 aromatic rings. The van der Waals surface area contributed by atoms with Crippen LogP contribution in [0.1, 0.15) is 0 Å². The van der Waals surface area contributed by atoms with Gasteiger partial charge in [-0.2, -0.15) is 0 Å². The molecule has 2 aliphatic rings. The first kappa shape index (κ1) is 58.5. The first-order valence-corrected chi connectivity index (χ1v) is 37.9. The zero-order valence-electron chi connectivity index (χ0n) is 59.1. The van der Waals surface area contributed by atoms with Gasteiger partial charge in [0.2, 0.25) is 0 Å². The lowest BCUT2D eigenvalue weighted by atomic mass is 9.94. The average Bonchev–Trinajstić information content (AvgIpc) is 1.53. The van der Waals surface area contributed by atoms with Gasteiger partial charge >= 0.3 is 0 Å². The first-order valence-electron chi connectivity index (χ1n) is 37.9. The predicted molar refractivity (Wildman–Crippen MR) is 459 cm³/mol. The van der Waals surface area contributed by atoms with Crippen LogP contribution in [0.3, 0.4) is 0 Å². The number of furan rings is 2. The molecule has 0 saturated heterocycles. The fourth-order valence-corrected chi connectivity index (χ4v) is 20.0. The smallest absolute Gasteiger partial charge is 0.137 e. The van der Waals surface area contributed by atoms with Gasteiger partial charge in [0.15, 0.2) is 0 Å². The summed E-state index contributed by atoms with van der Waals surface area (Å²) in [6.45, 7) is 0. The van der Waals surface area contributed by atoms with Crippen molar-refractivity contribution >= 4 is 153 Å². The monoisotopic (exact) mass is 1390 g/mol. The summed E-state index contributed by atoms with van der Waals surface area (Å²) >= 11 is 0. The molecule has 506 valence electrons. The van der Waals surface area contributed by atoms with Gasteiger partial charge in [0.25, 0.3) is 0 Å². The molecule has 0 radical (unpaired) electrons. The minimum absolute atomic E-state index is 0.849. The van der Waals surface area contributed by atoms with Gasteiger partial charge in [-0.1, -0.05) is 237 Å². The summed E-state index contributed by atoms with van der Waals surface area (Å²) in [5.41, 5.74) is 34.2. The van der Waals surface area contributed by atoms with Gasteiger partial charge in [-0.25, -0.2) is 0 Å². The molecular weight excluding hydrogens is 1340 g/mol. The molecule has 26 rings (SSSR count). The van der Waals surface area contributed by atoms with Crippen LogP contribution in [-0.2, 0) is 0 Å². The zero-order chi connectivity index (χ0) is 71.3. The number of nitrogens with zero attached hydrogens (tertiary/aromatic N) is 4. The van der Waals surface area contributed by atoms with E-state index in [0.717, 1.165) is 105 Å². The van der Waals surface area contributed by atoms with Crippen molar-refractivity contribution in [3.8, 4) is 101 Å². The third-order valence-electron chi connectivity index (χ3n) is 24.6. The molecule has 0 atom stereocenters. The molecule has 6 aromatic heterocycles. The number of fused-ring (bicyclic) bond motifs is 28. The number of rotatable bonds is 7. The van der Waals surface area contributed by atoms with Crippen LogP contribution in [0.5, 0.6) is 0 Å². The zero-order valence-corrected chi connectivity index (χ0v) is 59.1. The molecule has 6 nitrogen and oxygen atoms in total. The number of aromatic nitrogens is 4. The van der Waals surface area contributed by atoms with Crippen molar-refractivity contribution in [3.63, 3.8) is 0 Å². The van der Waals surface area contributed by atoms with Crippen molar-refractivity contribution in [1.82, 2.24) is 18.3 Å². The molecule has 6 heteroatoms. The van der Waals surface area contributed by atoms with E-state index in [1.807, 2.05) is 0 Å². The highest BCUT2D eigenvalue weighted by Crippen LogP contribution is 2.55. The van der Waals surface area contributed by atoms with Crippen molar-refractivity contribution < 1.29 is 8.83 Å². The van der Waals surface area contributed by atoms with Gasteiger partial charge in [-0.15, -0.1) is 0 Å². The SMILES string of the molecule is c1ccc(-c2ccc(-n3c4ccccc4c4c3ccc3c5ccc6oc7cc(-c8ccc9c%10c(cccc8%10)-c8cc(-n%10c%11ccccc%11c%11c%10ccc%10c%12ccc%13oc%14ccccc%14c%13c%12n(-c%12ccc(-c%13ccccc%13)cc%12)c%10%11)ccc8-9)ccc7c6c5n(-c5cc6c7c(cccc7c5)-c5ccccc5-6)c34)cc2)cc1. The maximum absolute atomic E-state index is 7.26. The Bertz CT molecular complexity index is 8240. The highest BCUT2D eigenvalue weighted by molar-refractivity contribution is 6.34. The molecule has 18 aromatic carbocycles. The highest BCUT2D eigenvalue weighted by atomic mass is 16.3. The van der Waals surface area contributed by atoms with E-state index in [0.29, 0.717) is 0 Å². The fraction of sp³-hybridized carbons (Fsp3) is 0. The molecule has 110 heavy (non-hydrogen) atoms. The van der Waals surface area contributed by atoms with Gasteiger partial charge in [0.1, 0.15) is 22.3 Å². The third kappa shape index (κ3) is 7.74. The maximum Gasteiger partial charge on any atom is 0.137 e. The van der Waals surface area contributed by atoms with Gasteiger partial charge in [0.05, 0.1) is 54.9 Å². The molecule has 6 heterocycles. The Kier molecular flexibility index (Phi) is 11.4. The lowest BCUT2D eigenvalue weighted by molar-refractivity contribution is 0.669. The Balaban J connectivity index is 0.643. The Hall–Kier alpha value is -14.7. The number of benzene rings is 18. The molecule has 0 saturated carbocycles. The second-order valence-corrected chi connectivity index (χ2v) is 30.1. The van der Waals surface area contributed by atoms with E-state index in [1.165, 1.54) is 148 Å². The average molecular weight is 1400 g/mol. The highest BCUT2D eigenvalue weighted by Gasteiger charge is 2.31. The van der Waals surface area contributed by atoms with E-state index in [9.17, 15) is 0 Å². The Labute approximate surface area is 628 Å². The summed E-state index contributed by atoms with van der Waals surface area (Å²) < 4.78 is 24.0. The molecule has 0 unspecified atom stereocenters. The molecule has 0 aliphatic heterocycles. The summed E-state index contributed by atoms with van der Waals surface area (Å²) in [4.78, 5) is 0. The summed E-state index contributed by atoms with van der Waals surface area (Å²) in [6.07, 6.45) is 0. The van der Waals surface area contributed by atoms with Crippen molar-refractivity contribution in [2.45, 2.75) is 0 Å². The molecule has 0 bridgehead atoms. The van der Waals surface area contributed by atoms with Gasteiger partial charge in [-0.3, -0.25) is 0 Å². The van der Waals surface area contributed by atoms with E-state index >= 15 is 0 Å². The second-order valence-electron chi connectivity index (χ2n) is 30.1. The molecule has 0 amide bonds.